The van der Waals surface area contributed by atoms with Gasteiger partial charge in [0, 0.05) is 50.9 Å². The SMILES string of the molecule is CCN(CC)S(=O)(=O)c1ccc(NC(=O)CN2CCN(Cc3nc(C(C)C)no3)CC2)cc1. The van der Waals surface area contributed by atoms with Crippen molar-refractivity contribution in [1.82, 2.24) is 24.2 Å². The van der Waals surface area contributed by atoms with Gasteiger partial charge in [0.05, 0.1) is 18.0 Å². The Morgan fingerprint density at radius 3 is 2.24 bits per heavy atom. The number of carbonyl (C=O) groups excluding carboxylic acids is 1. The van der Waals surface area contributed by atoms with E-state index in [-0.39, 0.29) is 23.3 Å². The van der Waals surface area contributed by atoms with Crippen molar-refractivity contribution in [2.24, 2.45) is 0 Å². The van der Waals surface area contributed by atoms with Gasteiger partial charge < -0.3 is 9.84 Å². The summed E-state index contributed by atoms with van der Waals surface area (Å²) in [7, 11) is -3.51. The van der Waals surface area contributed by atoms with Crippen LogP contribution in [0.15, 0.2) is 33.7 Å². The summed E-state index contributed by atoms with van der Waals surface area (Å²) < 4.78 is 31.9. The fourth-order valence-corrected chi connectivity index (χ4v) is 5.15. The molecule has 1 aromatic heterocycles. The highest BCUT2D eigenvalue weighted by Crippen LogP contribution is 2.18. The predicted molar refractivity (Wildman–Crippen MR) is 125 cm³/mol. The summed E-state index contributed by atoms with van der Waals surface area (Å²) in [5.74, 6) is 1.46. The number of sulfonamides is 1. The highest BCUT2D eigenvalue weighted by Gasteiger charge is 2.23. The van der Waals surface area contributed by atoms with Gasteiger partial charge in [0.1, 0.15) is 0 Å². The van der Waals surface area contributed by atoms with Crippen LogP contribution in [-0.2, 0) is 21.4 Å². The van der Waals surface area contributed by atoms with Crippen molar-refractivity contribution in [3.05, 3.63) is 36.0 Å². The number of nitrogens with zero attached hydrogens (tertiary/aromatic N) is 5. The molecule has 182 valence electrons. The minimum atomic E-state index is -3.51. The molecule has 0 spiro atoms. The van der Waals surface area contributed by atoms with E-state index in [4.69, 9.17) is 4.52 Å². The minimum Gasteiger partial charge on any atom is -0.338 e. The van der Waals surface area contributed by atoms with Crippen molar-refractivity contribution >= 4 is 21.6 Å². The Morgan fingerprint density at radius 2 is 1.70 bits per heavy atom. The van der Waals surface area contributed by atoms with E-state index in [2.05, 4.69) is 25.3 Å². The first-order valence-electron chi connectivity index (χ1n) is 11.4. The van der Waals surface area contributed by atoms with E-state index < -0.39 is 10.0 Å². The van der Waals surface area contributed by atoms with Crippen molar-refractivity contribution < 1.29 is 17.7 Å². The molecule has 1 aliphatic heterocycles. The van der Waals surface area contributed by atoms with Crippen molar-refractivity contribution in [1.29, 1.82) is 0 Å². The van der Waals surface area contributed by atoms with Crippen molar-refractivity contribution in [2.75, 3.05) is 51.1 Å². The van der Waals surface area contributed by atoms with Crippen molar-refractivity contribution in [2.45, 2.75) is 45.1 Å². The van der Waals surface area contributed by atoms with Crippen LogP contribution in [-0.4, -0.2) is 84.4 Å². The number of hydrogen-bond acceptors (Lipinski definition) is 8. The van der Waals surface area contributed by atoms with E-state index in [0.29, 0.717) is 31.2 Å². The van der Waals surface area contributed by atoms with Crippen LogP contribution < -0.4 is 5.32 Å². The molecule has 1 saturated heterocycles. The quantitative estimate of drug-likeness (QED) is 0.552. The maximum absolute atomic E-state index is 12.6. The number of carbonyl (C=O) groups is 1. The number of rotatable bonds is 10. The van der Waals surface area contributed by atoms with E-state index in [1.165, 1.54) is 16.4 Å². The Balaban J connectivity index is 1.45. The molecule has 1 aliphatic rings. The van der Waals surface area contributed by atoms with Gasteiger partial charge in [-0.3, -0.25) is 14.6 Å². The van der Waals surface area contributed by atoms with Crippen LogP contribution in [0.3, 0.4) is 0 Å². The van der Waals surface area contributed by atoms with Crippen molar-refractivity contribution in [3.63, 3.8) is 0 Å². The zero-order valence-electron chi connectivity index (χ0n) is 19.8. The molecule has 1 amide bonds. The van der Waals surface area contributed by atoms with Gasteiger partial charge >= 0.3 is 0 Å². The molecule has 0 radical (unpaired) electrons. The maximum atomic E-state index is 12.6. The molecular weight excluding hydrogens is 444 g/mol. The van der Waals surface area contributed by atoms with Gasteiger partial charge in [-0.1, -0.05) is 32.9 Å². The summed E-state index contributed by atoms with van der Waals surface area (Å²) in [6.07, 6.45) is 0. The maximum Gasteiger partial charge on any atom is 0.243 e. The Labute approximate surface area is 196 Å². The van der Waals surface area contributed by atoms with Gasteiger partial charge in [-0.05, 0) is 24.3 Å². The lowest BCUT2D eigenvalue weighted by molar-refractivity contribution is -0.117. The first-order valence-corrected chi connectivity index (χ1v) is 12.8. The van der Waals surface area contributed by atoms with Gasteiger partial charge in [0.25, 0.3) is 0 Å². The van der Waals surface area contributed by atoms with E-state index >= 15 is 0 Å². The molecule has 0 bridgehead atoms. The average molecular weight is 479 g/mol. The number of amides is 1. The fourth-order valence-electron chi connectivity index (χ4n) is 3.69. The first kappa shape index (κ1) is 25.3. The number of nitrogens with one attached hydrogen (secondary N) is 1. The van der Waals surface area contributed by atoms with Crippen molar-refractivity contribution in [3.8, 4) is 0 Å². The summed E-state index contributed by atoms with van der Waals surface area (Å²) in [5, 5.41) is 6.85. The van der Waals surface area contributed by atoms with Crippen LogP contribution in [0.5, 0.6) is 0 Å². The van der Waals surface area contributed by atoms with Crippen LogP contribution in [0.1, 0.15) is 45.3 Å². The Kier molecular flexibility index (Phi) is 8.57. The van der Waals surface area contributed by atoms with Gasteiger partial charge in [0.15, 0.2) is 5.82 Å². The van der Waals surface area contributed by atoms with Crippen LogP contribution in [0, 0.1) is 0 Å². The minimum absolute atomic E-state index is 0.124. The highest BCUT2D eigenvalue weighted by atomic mass is 32.2. The lowest BCUT2D eigenvalue weighted by Gasteiger charge is -2.33. The molecule has 0 unspecified atom stereocenters. The van der Waals surface area contributed by atoms with E-state index in [1.807, 2.05) is 27.7 Å². The normalized spacial score (nSPS) is 15.9. The molecule has 11 heteroatoms. The zero-order valence-corrected chi connectivity index (χ0v) is 20.6. The Bertz CT molecular complexity index is 1010. The summed E-state index contributed by atoms with van der Waals surface area (Å²) in [6.45, 7) is 12.5. The van der Waals surface area contributed by atoms with Gasteiger partial charge in [-0.2, -0.15) is 9.29 Å². The Morgan fingerprint density at radius 1 is 1.09 bits per heavy atom. The molecule has 10 nitrogen and oxygen atoms in total. The van der Waals surface area contributed by atoms with E-state index in [1.54, 1.807) is 12.1 Å². The molecule has 0 saturated carbocycles. The summed E-state index contributed by atoms with van der Waals surface area (Å²) >= 11 is 0. The zero-order chi connectivity index (χ0) is 24.0. The molecule has 1 aromatic carbocycles. The molecule has 1 N–H and O–H groups in total. The van der Waals surface area contributed by atoms with Crippen LogP contribution in [0.2, 0.25) is 0 Å². The number of hydrogen-bond donors (Lipinski definition) is 1. The first-order chi connectivity index (χ1) is 15.7. The summed E-state index contributed by atoms with van der Waals surface area (Å²) in [6, 6.07) is 6.32. The van der Waals surface area contributed by atoms with E-state index in [0.717, 1.165) is 32.0 Å². The van der Waals surface area contributed by atoms with Gasteiger partial charge in [0.2, 0.25) is 21.8 Å². The lowest BCUT2D eigenvalue weighted by atomic mass is 10.2. The van der Waals surface area contributed by atoms with Gasteiger partial charge in [-0.15, -0.1) is 0 Å². The molecule has 1 fully saturated rings. The highest BCUT2D eigenvalue weighted by molar-refractivity contribution is 7.89. The smallest absolute Gasteiger partial charge is 0.243 e. The fraction of sp³-hybridized carbons (Fsp3) is 0.591. The second-order valence-electron chi connectivity index (χ2n) is 8.42. The Hall–Kier alpha value is -2.34. The molecule has 33 heavy (non-hydrogen) atoms. The molecule has 0 aliphatic carbocycles. The molecule has 0 atom stereocenters. The average Bonchev–Trinajstić information content (AvgIpc) is 3.25. The second kappa shape index (κ2) is 11.2. The predicted octanol–water partition coefficient (Wildman–Crippen LogP) is 1.98. The number of piperazine rings is 1. The second-order valence-corrected chi connectivity index (χ2v) is 10.4. The third kappa shape index (κ3) is 6.59. The van der Waals surface area contributed by atoms with Crippen LogP contribution in [0.25, 0.3) is 0 Å². The summed E-state index contributed by atoms with van der Waals surface area (Å²) in [5.41, 5.74) is 0.578. The molecule has 2 aromatic rings. The topological polar surface area (TPSA) is 112 Å². The molecular formula is C22H34N6O4S. The molecule has 2 heterocycles. The molecule has 3 rings (SSSR count). The third-order valence-electron chi connectivity index (χ3n) is 5.67. The standard InChI is InChI=1S/C22H34N6O4S/c1-5-28(6-2)33(30,31)19-9-7-18(8-10-19)23-20(29)15-26-11-13-27(14-12-26)16-21-24-22(17(3)4)25-32-21/h7-10,17H,5-6,11-16H2,1-4H3,(H,23,29). The van der Waals surface area contributed by atoms with Crippen LogP contribution in [0.4, 0.5) is 5.69 Å². The number of benzene rings is 1. The van der Waals surface area contributed by atoms with E-state index in [9.17, 15) is 13.2 Å². The third-order valence-corrected chi connectivity index (χ3v) is 7.74. The van der Waals surface area contributed by atoms with Gasteiger partial charge in [-0.25, -0.2) is 8.42 Å². The number of anilines is 1. The summed E-state index contributed by atoms with van der Waals surface area (Å²) in [4.78, 5) is 21.5. The largest absolute Gasteiger partial charge is 0.338 e. The monoisotopic (exact) mass is 478 g/mol. The lowest BCUT2D eigenvalue weighted by Crippen LogP contribution is -2.48. The van der Waals surface area contributed by atoms with Crippen LogP contribution >= 0.6 is 0 Å². The number of aromatic nitrogens is 2.